The van der Waals surface area contributed by atoms with E-state index >= 15 is 0 Å². The summed E-state index contributed by atoms with van der Waals surface area (Å²) in [6, 6.07) is 6.17. The molecule has 1 aromatic carbocycles. The molecule has 1 heterocycles. The zero-order chi connectivity index (χ0) is 12.6. The van der Waals surface area contributed by atoms with Gasteiger partial charge in [0.2, 0.25) is 0 Å². The summed E-state index contributed by atoms with van der Waals surface area (Å²) in [4.78, 5) is 14.6. The van der Waals surface area contributed by atoms with Crippen molar-refractivity contribution in [1.82, 2.24) is 4.98 Å². The monoisotopic (exact) mass is 230 g/mol. The largest absolute Gasteiger partial charge is 0.326 e. The van der Waals surface area contributed by atoms with Gasteiger partial charge in [-0.3, -0.25) is 4.79 Å². The summed E-state index contributed by atoms with van der Waals surface area (Å²) in [5.74, 6) is 0.479. The van der Waals surface area contributed by atoms with Crippen LogP contribution < -0.4 is 11.3 Å². The number of aromatic amines is 1. The van der Waals surface area contributed by atoms with Crippen LogP contribution in [-0.2, 0) is 6.54 Å². The summed E-state index contributed by atoms with van der Waals surface area (Å²) < 4.78 is 0. The van der Waals surface area contributed by atoms with Crippen LogP contribution >= 0.6 is 0 Å². The van der Waals surface area contributed by atoms with E-state index in [4.69, 9.17) is 5.73 Å². The summed E-state index contributed by atoms with van der Waals surface area (Å²) >= 11 is 0. The predicted molar refractivity (Wildman–Crippen MR) is 71.3 cm³/mol. The summed E-state index contributed by atoms with van der Waals surface area (Å²) in [7, 11) is 0. The Morgan fingerprint density at radius 3 is 2.65 bits per heavy atom. The molecule has 0 bridgehead atoms. The van der Waals surface area contributed by atoms with Gasteiger partial charge in [-0.1, -0.05) is 19.9 Å². The number of hydrogen-bond donors (Lipinski definition) is 2. The first kappa shape index (κ1) is 11.9. The number of hydrogen-bond acceptors (Lipinski definition) is 2. The van der Waals surface area contributed by atoms with E-state index in [1.165, 1.54) is 5.56 Å². The summed E-state index contributed by atoms with van der Waals surface area (Å²) in [5, 5.41) is 1.09. The van der Waals surface area contributed by atoms with Crippen molar-refractivity contribution in [2.24, 2.45) is 5.73 Å². The lowest BCUT2D eigenvalue weighted by Gasteiger charge is -2.10. The lowest BCUT2D eigenvalue weighted by molar-refractivity contribution is 0.868. The molecule has 0 spiro atoms. The third kappa shape index (κ3) is 1.98. The zero-order valence-corrected chi connectivity index (χ0v) is 10.5. The van der Waals surface area contributed by atoms with E-state index in [1.54, 1.807) is 0 Å². The van der Waals surface area contributed by atoms with Gasteiger partial charge in [0.15, 0.2) is 0 Å². The van der Waals surface area contributed by atoms with E-state index in [2.05, 4.69) is 31.0 Å². The van der Waals surface area contributed by atoms with Gasteiger partial charge in [-0.25, -0.2) is 0 Å². The molecular weight excluding hydrogens is 212 g/mol. The summed E-state index contributed by atoms with van der Waals surface area (Å²) in [6.45, 7) is 6.56. The van der Waals surface area contributed by atoms with Crippen LogP contribution in [0.2, 0.25) is 0 Å². The number of aromatic nitrogens is 1. The van der Waals surface area contributed by atoms with Crippen molar-refractivity contribution >= 4 is 10.9 Å². The van der Waals surface area contributed by atoms with Gasteiger partial charge < -0.3 is 10.7 Å². The van der Waals surface area contributed by atoms with Crippen molar-refractivity contribution in [3.05, 3.63) is 45.2 Å². The first-order valence-corrected chi connectivity index (χ1v) is 5.90. The molecule has 0 aliphatic carbocycles. The third-order valence-electron chi connectivity index (χ3n) is 3.29. The van der Waals surface area contributed by atoms with Crippen LogP contribution in [0.1, 0.15) is 36.5 Å². The van der Waals surface area contributed by atoms with Crippen LogP contribution in [0.15, 0.2) is 23.0 Å². The molecular formula is C14H18N2O. The van der Waals surface area contributed by atoms with Crippen LogP contribution in [0.3, 0.4) is 0 Å². The normalized spacial score (nSPS) is 11.4. The molecule has 0 unspecified atom stereocenters. The molecule has 3 N–H and O–H groups in total. The molecule has 0 amide bonds. The zero-order valence-electron chi connectivity index (χ0n) is 10.5. The maximum atomic E-state index is 11.8. The van der Waals surface area contributed by atoms with Crippen LogP contribution in [0.4, 0.5) is 0 Å². The summed E-state index contributed by atoms with van der Waals surface area (Å²) in [6.07, 6.45) is 0. The maximum Gasteiger partial charge on any atom is 0.253 e. The lowest BCUT2D eigenvalue weighted by Crippen LogP contribution is -2.18. The minimum absolute atomic E-state index is 0.0743. The average molecular weight is 230 g/mol. The molecule has 2 rings (SSSR count). The van der Waals surface area contributed by atoms with Gasteiger partial charge in [0.05, 0.1) is 0 Å². The van der Waals surface area contributed by atoms with Crippen molar-refractivity contribution in [2.45, 2.75) is 33.2 Å². The van der Waals surface area contributed by atoms with Crippen LogP contribution in [0, 0.1) is 6.92 Å². The van der Waals surface area contributed by atoms with E-state index in [-0.39, 0.29) is 12.1 Å². The fourth-order valence-corrected chi connectivity index (χ4v) is 2.12. The second-order valence-corrected chi connectivity index (χ2v) is 4.72. The highest BCUT2D eigenvalue weighted by Crippen LogP contribution is 2.23. The van der Waals surface area contributed by atoms with Crippen LogP contribution in [0.5, 0.6) is 0 Å². The second-order valence-electron chi connectivity index (χ2n) is 4.72. The smallest absolute Gasteiger partial charge is 0.253 e. The minimum atomic E-state index is -0.0743. The van der Waals surface area contributed by atoms with Gasteiger partial charge in [0.1, 0.15) is 0 Å². The molecule has 0 radical (unpaired) electrons. The lowest BCUT2D eigenvalue weighted by atomic mass is 9.97. The number of rotatable bonds is 2. The number of benzene rings is 1. The quantitative estimate of drug-likeness (QED) is 0.832. The van der Waals surface area contributed by atoms with Crippen molar-refractivity contribution < 1.29 is 0 Å². The van der Waals surface area contributed by atoms with Crippen molar-refractivity contribution in [2.75, 3.05) is 0 Å². The van der Waals surface area contributed by atoms with Gasteiger partial charge in [-0.15, -0.1) is 0 Å². The van der Waals surface area contributed by atoms with Gasteiger partial charge >= 0.3 is 0 Å². The van der Waals surface area contributed by atoms with Crippen molar-refractivity contribution in [1.29, 1.82) is 0 Å². The molecule has 3 nitrogen and oxygen atoms in total. The Hall–Kier alpha value is -1.61. The molecule has 0 aliphatic rings. The fraction of sp³-hybridized carbons (Fsp3) is 0.357. The molecule has 0 fully saturated rings. The Balaban J connectivity index is 2.80. The second kappa shape index (κ2) is 4.34. The van der Waals surface area contributed by atoms with Crippen molar-refractivity contribution in [3.63, 3.8) is 0 Å². The van der Waals surface area contributed by atoms with Gasteiger partial charge in [0.25, 0.3) is 5.56 Å². The highest BCUT2D eigenvalue weighted by atomic mass is 16.1. The minimum Gasteiger partial charge on any atom is -0.326 e. The Morgan fingerprint density at radius 1 is 1.35 bits per heavy atom. The predicted octanol–water partition coefficient (Wildman–Crippen LogP) is 2.42. The molecule has 0 atom stereocenters. The Labute approximate surface area is 101 Å². The maximum absolute atomic E-state index is 11.8. The highest BCUT2D eigenvalue weighted by molar-refractivity contribution is 5.83. The topological polar surface area (TPSA) is 58.9 Å². The first-order valence-electron chi connectivity index (χ1n) is 5.90. The number of H-pyrrole nitrogens is 1. The number of aryl methyl sites for hydroxylation is 1. The molecule has 0 saturated carbocycles. The molecule has 3 heteroatoms. The number of pyridine rings is 1. The van der Waals surface area contributed by atoms with Crippen molar-refractivity contribution in [3.8, 4) is 0 Å². The SMILES string of the molecule is Cc1c(CN)c(=O)[nH]c2ccc(C(C)C)cc12. The van der Waals surface area contributed by atoms with E-state index in [9.17, 15) is 4.79 Å². The molecule has 17 heavy (non-hydrogen) atoms. The highest BCUT2D eigenvalue weighted by Gasteiger charge is 2.09. The van der Waals surface area contributed by atoms with Crippen LogP contribution in [-0.4, -0.2) is 4.98 Å². The first-order chi connectivity index (χ1) is 8.04. The number of nitrogens with two attached hydrogens (primary N) is 1. The van der Waals surface area contributed by atoms with Gasteiger partial charge in [-0.2, -0.15) is 0 Å². The van der Waals surface area contributed by atoms with Crippen LogP contribution in [0.25, 0.3) is 10.9 Å². The standard InChI is InChI=1S/C14H18N2O/c1-8(2)10-4-5-13-11(6-10)9(3)12(7-15)14(17)16-13/h4-6,8H,7,15H2,1-3H3,(H,16,17). The summed E-state index contributed by atoms with van der Waals surface area (Å²) in [5.41, 5.74) is 9.38. The molecule has 90 valence electrons. The van der Waals surface area contributed by atoms with E-state index in [0.717, 1.165) is 16.5 Å². The fourth-order valence-electron chi connectivity index (χ4n) is 2.12. The Morgan fingerprint density at radius 2 is 2.06 bits per heavy atom. The van der Waals surface area contributed by atoms with Gasteiger partial charge in [0, 0.05) is 23.0 Å². The number of fused-ring (bicyclic) bond motifs is 1. The molecule has 0 aliphatic heterocycles. The average Bonchev–Trinajstić information content (AvgIpc) is 2.29. The van der Waals surface area contributed by atoms with E-state index in [1.807, 2.05) is 13.0 Å². The Bertz CT molecular complexity index is 611. The third-order valence-corrected chi connectivity index (χ3v) is 3.29. The number of nitrogens with one attached hydrogen (secondary N) is 1. The molecule has 2 aromatic rings. The molecule has 1 aromatic heterocycles. The Kier molecular flexibility index (Phi) is 3.03. The van der Waals surface area contributed by atoms with E-state index < -0.39 is 0 Å². The van der Waals surface area contributed by atoms with E-state index in [0.29, 0.717) is 11.5 Å². The molecule has 0 saturated heterocycles. The van der Waals surface area contributed by atoms with Gasteiger partial charge in [-0.05, 0) is 36.1 Å².